The van der Waals surface area contributed by atoms with Gasteiger partial charge in [0.25, 0.3) is 5.91 Å². The minimum Gasteiger partial charge on any atom is -0.463 e. The Hall–Kier alpha value is -3.73. The van der Waals surface area contributed by atoms with E-state index in [0.29, 0.717) is 17.0 Å². The lowest BCUT2D eigenvalue weighted by Gasteiger charge is -2.18. The van der Waals surface area contributed by atoms with E-state index in [4.69, 9.17) is 4.42 Å². The quantitative estimate of drug-likeness (QED) is 0.362. The number of hydrazone groups is 1. The number of hydrogen-bond donors (Lipinski definition) is 1. The molecule has 5 nitrogen and oxygen atoms in total. The molecule has 4 rings (SSSR count). The normalized spacial score (nSPS) is 11.8. The van der Waals surface area contributed by atoms with Crippen LogP contribution in [0.2, 0.25) is 0 Å². The Morgan fingerprint density at radius 1 is 1.03 bits per heavy atom. The third-order valence-electron chi connectivity index (χ3n) is 4.89. The monoisotopic (exact) mass is 397 g/mol. The number of fused-ring (bicyclic) bond motifs is 1. The first-order valence-electron chi connectivity index (χ1n) is 9.79. The lowest BCUT2D eigenvalue weighted by Crippen LogP contribution is -2.18. The molecule has 0 atom stereocenters. The Morgan fingerprint density at radius 3 is 2.50 bits per heavy atom. The number of pyridine rings is 1. The van der Waals surface area contributed by atoms with Gasteiger partial charge in [0.2, 0.25) is 0 Å². The fourth-order valence-electron chi connectivity index (χ4n) is 3.21. The molecule has 0 saturated heterocycles. The van der Waals surface area contributed by atoms with Gasteiger partial charge >= 0.3 is 0 Å². The summed E-state index contributed by atoms with van der Waals surface area (Å²) in [6.07, 6.45) is 3.22. The minimum absolute atomic E-state index is 0.0952. The van der Waals surface area contributed by atoms with Crippen molar-refractivity contribution in [1.82, 2.24) is 10.4 Å². The average Bonchev–Trinajstić information content (AvgIpc) is 3.27. The Bertz CT molecular complexity index is 1200. The number of nitrogens with one attached hydrogen (secondary N) is 1. The summed E-state index contributed by atoms with van der Waals surface area (Å²) in [7, 11) is 0. The van der Waals surface area contributed by atoms with E-state index in [-0.39, 0.29) is 11.3 Å². The summed E-state index contributed by atoms with van der Waals surface area (Å²) in [6.45, 7) is 6.52. The van der Waals surface area contributed by atoms with Gasteiger partial charge in [0.05, 0.1) is 23.6 Å². The van der Waals surface area contributed by atoms with E-state index in [1.807, 2.05) is 42.5 Å². The Kier molecular flexibility index (Phi) is 5.19. The van der Waals surface area contributed by atoms with Crippen LogP contribution >= 0.6 is 0 Å². The van der Waals surface area contributed by atoms with E-state index in [2.05, 4.69) is 48.4 Å². The average molecular weight is 397 g/mol. The van der Waals surface area contributed by atoms with Crippen molar-refractivity contribution in [2.75, 3.05) is 0 Å². The Labute approximate surface area is 175 Å². The van der Waals surface area contributed by atoms with Crippen LogP contribution in [0.25, 0.3) is 22.4 Å². The summed E-state index contributed by atoms with van der Waals surface area (Å²) in [4.78, 5) is 17.5. The summed E-state index contributed by atoms with van der Waals surface area (Å²) in [6, 6.07) is 21.0. The van der Waals surface area contributed by atoms with Gasteiger partial charge < -0.3 is 4.42 Å². The number of carbonyl (C=O) groups excluding carboxylic acids is 1. The van der Waals surface area contributed by atoms with Crippen LogP contribution in [0.5, 0.6) is 0 Å². The van der Waals surface area contributed by atoms with Crippen molar-refractivity contribution in [1.29, 1.82) is 0 Å². The van der Waals surface area contributed by atoms with E-state index in [9.17, 15) is 4.79 Å². The third kappa shape index (κ3) is 4.15. The number of furan rings is 1. The maximum atomic E-state index is 12.9. The lowest BCUT2D eigenvalue weighted by molar-refractivity contribution is 0.0956. The van der Waals surface area contributed by atoms with Crippen LogP contribution in [0.1, 0.15) is 42.3 Å². The molecule has 0 spiro atoms. The number of para-hydroxylation sites is 1. The summed E-state index contributed by atoms with van der Waals surface area (Å²) in [5, 5.41) is 4.90. The van der Waals surface area contributed by atoms with E-state index in [1.165, 1.54) is 5.56 Å². The van der Waals surface area contributed by atoms with Crippen LogP contribution < -0.4 is 5.43 Å². The standard InChI is InChI=1S/C25H23N3O2/c1-25(2,3)18-12-10-17(11-13-18)16-26-28-24(29)20-15-22(23-9-6-14-30-23)27-21-8-5-4-7-19(20)21/h4-16H,1-3H3,(H,28,29). The highest BCUT2D eigenvalue weighted by atomic mass is 16.3. The highest BCUT2D eigenvalue weighted by Crippen LogP contribution is 2.25. The van der Waals surface area contributed by atoms with Crippen LogP contribution in [0.4, 0.5) is 0 Å². The molecule has 0 bridgehead atoms. The first-order chi connectivity index (χ1) is 14.4. The van der Waals surface area contributed by atoms with E-state index < -0.39 is 0 Å². The van der Waals surface area contributed by atoms with Crippen molar-refractivity contribution in [2.45, 2.75) is 26.2 Å². The highest BCUT2D eigenvalue weighted by Gasteiger charge is 2.15. The van der Waals surface area contributed by atoms with Crippen molar-refractivity contribution >= 4 is 23.0 Å². The van der Waals surface area contributed by atoms with E-state index in [0.717, 1.165) is 16.5 Å². The van der Waals surface area contributed by atoms with Crippen molar-refractivity contribution < 1.29 is 9.21 Å². The van der Waals surface area contributed by atoms with Gasteiger partial charge in [-0.25, -0.2) is 10.4 Å². The summed E-state index contributed by atoms with van der Waals surface area (Å²) in [5.74, 6) is 0.307. The maximum Gasteiger partial charge on any atom is 0.272 e. The second-order valence-corrected chi connectivity index (χ2v) is 8.12. The highest BCUT2D eigenvalue weighted by molar-refractivity contribution is 6.07. The second-order valence-electron chi connectivity index (χ2n) is 8.12. The number of amides is 1. The first-order valence-corrected chi connectivity index (χ1v) is 9.79. The molecule has 0 unspecified atom stereocenters. The Morgan fingerprint density at radius 2 is 1.80 bits per heavy atom. The molecule has 1 N–H and O–H groups in total. The molecular formula is C25H23N3O2. The van der Waals surface area contributed by atoms with Crippen LogP contribution in [0.3, 0.4) is 0 Å². The molecule has 2 aromatic carbocycles. The molecule has 0 aliphatic heterocycles. The summed E-state index contributed by atoms with van der Waals surface area (Å²) in [5.41, 5.74) is 6.70. The molecule has 2 aromatic heterocycles. The molecule has 0 radical (unpaired) electrons. The van der Waals surface area contributed by atoms with Gasteiger partial charge in [0.15, 0.2) is 5.76 Å². The minimum atomic E-state index is -0.302. The zero-order valence-electron chi connectivity index (χ0n) is 17.2. The Balaban J connectivity index is 1.58. The fourth-order valence-corrected chi connectivity index (χ4v) is 3.21. The molecule has 150 valence electrons. The van der Waals surface area contributed by atoms with Crippen molar-refractivity contribution in [3.05, 3.63) is 89.7 Å². The molecule has 0 saturated carbocycles. The van der Waals surface area contributed by atoms with Crippen molar-refractivity contribution in [2.24, 2.45) is 5.10 Å². The summed E-state index contributed by atoms with van der Waals surface area (Å²) >= 11 is 0. The number of carbonyl (C=O) groups is 1. The van der Waals surface area contributed by atoms with Crippen LogP contribution in [-0.2, 0) is 5.41 Å². The predicted molar refractivity (Wildman–Crippen MR) is 120 cm³/mol. The zero-order chi connectivity index (χ0) is 21.1. The second kappa shape index (κ2) is 7.95. The van der Waals surface area contributed by atoms with Gasteiger partial charge in [0.1, 0.15) is 5.69 Å². The molecule has 0 aliphatic rings. The molecule has 30 heavy (non-hydrogen) atoms. The SMILES string of the molecule is CC(C)(C)c1ccc(C=NNC(=O)c2cc(-c3ccco3)nc3ccccc23)cc1. The largest absolute Gasteiger partial charge is 0.463 e. The molecule has 5 heteroatoms. The fraction of sp³-hybridized carbons (Fsp3) is 0.160. The molecule has 1 amide bonds. The molecular weight excluding hydrogens is 374 g/mol. The van der Waals surface area contributed by atoms with Crippen molar-refractivity contribution in [3.63, 3.8) is 0 Å². The van der Waals surface area contributed by atoms with Crippen LogP contribution in [-0.4, -0.2) is 17.1 Å². The third-order valence-corrected chi connectivity index (χ3v) is 4.89. The maximum absolute atomic E-state index is 12.9. The van der Waals surface area contributed by atoms with Gasteiger partial charge in [-0.3, -0.25) is 4.79 Å². The molecule has 4 aromatic rings. The van der Waals surface area contributed by atoms with Gasteiger partial charge in [-0.1, -0.05) is 63.2 Å². The number of aromatic nitrogens is 1. The number of nitrogens with zero attached hydrogens (tertiary/aromatic N) is 2. The zero-order valence-corrected chi connectivity index (χ0v) is 17.2. The number of benzene rings is 2. The molecule has 0 fully saturated rings. The predicted octanol–water partition coefficient (Wildman–Crippen LogP) is 5.56. The summed E-state index contributed by atoms with van der Waals surface area (Å²) < 4.78 is 5.45. The first kappa shape index (κ1) is 19.6. The smallest absolute Gasteiger partial charge is 0.272 e. The van der Waals surface area contributed by atoms with Crippen molar-refractivity contribution in [3.8, 4) is 11.5 Å². The molecule has 0 aliphatic carbocycles. The molecule has 2 heterocycles. The van der Waals surface area contributed by atoms with Gasteiger partial charge in [0, 0.05) is 5.39 Å². The van der Waals surface area contributed by atoms with Crippen LogP contribution in [0, 0.1) is 0 Å². The number of rotatable bonds is 4. The number of hydrogen-bond acceptors (Lipinski definition) is 4. The lowest BCUT2D eigenvalue weighted by atomic mass is 9.87. The van der Waals surface area contributed by atoms with E-state index >= 15 is 0 Å². The van der Waals surface area contributed by atoms with Gasteiger partial charge in [-0.05, 0) is 40.8 Å². The van der Waals surface area contributed by atoms with Gasteiger partial charge in [-0.2, -0.15) is 5.10 Å². The van der Waals surface area contributed by atoms with E-state index in [1.54, 1.807) is 24.6 Å². The topological polar surface area (TPSA) is 67.5 Å². The van der Waals surface area contributed by atoms with Gasteiger partial charge in [-0.15, -0.1) is 0 Å². The van der Waals surface area contributed by atoms with Crippen LogP contribution in [0.15, 0.2) is 82.5 Å².